The summed E-state index contributed by atoms with van der Waals surface area (Å²) in [5, 5.41) is 0. The molecular formula is C18H32N4O2. The number of amides is 3. The number of hydrogen-bond donors (Lipinski definition) is 0. The summed E-state index contributed by atoms with van der Waals surface area (Å²) in [5.41, 5.74) is 0. The van der Waals surface area contributed by atoms with E-state index in [-0.39, 0.29) is 6.03 Å². The Balaban J connectivity index is 1.58. The predicted octanol–water partition coefficient (Wildman–Crippen LogP) is 1.47. The Morgan fingerprint density at radius 3 is 2.54 bits per heavy atom. The molecule has 0 bridgehead atoms. The maximum atomic E-state index is 12.8. The third kappa shape index (κ3) is 3.68. The molecule has 0 unspecified atom stereocenters. The molecule has 0 aromatic rings. The molecule has 0 saturated carbocycles. The van der Waals surface area contributed by atoms with E-state index < -0.39 is 0 Å². The summed E-state index contributed by atoms with van der Waals surface area (Å²) in [5.74, 6) is 0.785. The van der Waals surface area contributed by atoms with E-state index in [1.807, 2.05) is 9.80 Å². The van der Waals surface area contributed by atoms with E-state index in [4.69, 9.17) is 0 Å². The van der Waals surface area contributed by atoms with Gasteiger partial charge in [-0.25, -0.2) is 4.79 Å². The van der Waals surface area contributed by atoms with Crippen molar-refractivity contribution in [1.29, 1.82) is 0 Å². The number of unbranched alkanes of at least 4 members (excludes halogenated alkanes) is 1. The lowest BCUT2D eigenvalue weighted by molar-refractivity contribution is -0.140. The van der Waals surface area contributed by atoms with Gasteiger partial charge < -0.3 is 19.6 Å². The van der Waals surface area contributed by atoms with Crippen molar-refractivity contribution in [3.8, 4) is 0 Å². The van der Waals surface area contributed by atoms with Crippen molar-refractivity contribution in [1.82, 2.24) is 19.6 Å². The molecule has 0 aromatic carbocycles. The van der Waals surface area contributed by atoms with Gasteiger partial charge in [0.1, 0.15) is 0 Å². The molecule has 6 nitrogen and oxygen atoms in total. The lowest BCUT2D eigenvalue weighted by Crippen LogP contribution is -2.59. The van der Waals surface area contributed by atoms with Crippen LogP contribution in [0, 0.1) is 5.92 Å². The molecule has 3 amide bonds. The first-order valence-electron chi connectivity index (χ1n) is 9.62. The number of likely N-dealkylation sites (tertiary alicyclic amines) is 2. The SMILES string of the molecule is CCCCN1C(=O)CC[C@H]2CN(C(=O)N3CCN(C)CC3)CC[C@H]21. The van der Waals surface area contributed by atoms with Crippen LogP contribution < -0.4 is 0 Å². The summed E-state index contributed by atoms with van der Waals surface area (Å²) < 4.78 is 0. The maximum Gasteiger partial charge on any atom is 0.320 e. The second kappa shape index (κ2) is 7.72. The molecule has 6 heteroatoms. The Morgan fingerprint density at radius 1 is 1.08 bits per heavy atom. The molecule has 3 saturated heterocycles. The summed E-state index contributed by atoms with van der Waals surface area (Å²) in [6, 6.07) is 0.563. The average Bonchev–Trinajstić information content (AvgIpc) is 2.60. The fourth-order valence-electron chi connectivity index (χ4n) is 4.34. The first kappa shape index (κ1) is 17.5. The summed E-state index contributed by atoms with van der Waals surface area (Å²) in [6.07, 6.45) is 4.74. The lowest BCUT2D eigenvalue weighted by Gasteiger charge is -2.48. The number of carbonyl (C=O) groups excluding carboxylic acids is 2. The minimum atomic E-state index is 0.207. The number of rotatable bonds is 3. The highest BCUT2D eigenvalue weighted by molar-refractivity contribution is 5.78. The van der Waals surface area contributed by atoms with Crippen LogP contribution in [0.5, 0.6) is 0 Å². The van der Waals surface area contributed by atoms with Crippen molar-refractivity contribution in [3.63, 3.8) is 0 Å². The highest BCUT2D eigenvalue weighted by Gasteiger charge is 2.40. The molecule has 3 heterocycles. The zero-order valence-corrected chi connectivity index (χ0v) is 15.2. The zero-order chi connectivity index (χ0) is 17.1. The number of piperazine rings is 1. The van der Waals surface area contributed by atoms with Crippen molar-refractivity contribution >= 4 is 11.9 Å². The van der Waals surface area contributed by atoms with Crippen LogP contribution in [0.2, 0.25) is 0 Å². The van der Waals surface area contributed by atoms with E-state index in [2.05, 4.69) is 23.8 Å². The molecule has 3 aliphatic heterocycles. The van der Waals surface area contributed by atoms with E-state index in [1.165, 1.54) is 0 Å². The number of fused-ring (bicyclic) bond motifs is 1. The molecule has 3 fully saturated rings. The van der Waals surface area contributed by atoms with Gasteiger partial charge in [-0.3, -0.25) is 4.79 Å². The van der Waals surface area contributed by atoms with Gasteiger partial charge in [0, 0.05) is 58.3 Å². The molecular weight excluding hydrogens is 304 g/mol. The van der Waals surface area contributed by atoms with Crippen molar-refractivity contribution in [2.75, 3.05) is 52.9 Å². The van der Waals surface area contributed by atoms with Crippen molar-refractivity contribution < 1.29 is 9.59 Å². The minimum absolute atomic E-state index is 0.207. The molecule has 0 aromatic heterocycles. The quantitative estimate of drug-likeness (QED) is 0.784. The van der Waals surface area contributed by atoms with E-state index in [0.717, 1.165) is 71.5 Å². The molecule has 3 aliphatic rings. The first-order valence-corrected chi connectivity index (χ1v) is 9.62. The predicted molar refractivity (Wildman–Crippen MR) is 93.8 cm³/mol. The highest BCUT2D eigenvalue weighted by atomic mass is 16.2. The lowest BCUT2D eigenvalue weighted by atomic mass is 9.83. The maximum absolute atomic E-state index is 12.8. The molecule has 24 heavy (non-hydrogen) atoms. The fraction of sp³-hybridized carbons (Fsp3) is 0.889. The molecule has 3 rings (SSSR count). The Hall–Kier alpha value is -1.30. The number of piperidine rings is 2. The molecule has 0 radical (unpaired) electrons. The van der Waals surface area contributed by atoms with Crippen LogP contribution in [0.1, 0.15) is 39.0 Å². The van der Waals surface area contributed by atoms with Crippen LogP contribution in [0.4, 0.5) is 4.79 Å². The van der Waals surface area contributed by atoms with Crippen LogP contribution in [-0.2, 0) is 4.79 Å². The molecule has 0 aliphatic carbocycles. The van der Waals surface area contributed by atoms with Gasteiger partial charge in [0.2, 0.25) is 5.91 Å². The van der Waals surface area contributed by atoms with Crippen LogP contribution in [-0.4, -0.2) is 90.4 Å². The number of hydrogen-bond acceptors (Lipinski definition) is 3. The number of urea groups is 1. The van der Waals surface area contributed by atoms with Gasteiger partial charge in [0.15, 0.2) is 0 Å². The van der Waals surface area contributed by atoms with Crippen LogP contribution in [0.15, 0.2) is 0 Å². The van der Waals surface area contributed by atoms with E-state index in [0.29, 0.717) is 24.3 Å². The zero-order valence-electron chi connectivity index (χ0n) is 15.2. The number of nitrogens with zero attached hydrogens (tertiary/aromatic N) is 4. The van der Waals surface area contributed by atoms with E-state index in [9.17, 15) is 9.59 Å². The van der Waals surface area contributed by atoms with Crippen molar-refractivity contribution in [3.05, 3.63) is 0 Å². The second-order valence-electron chi connectivity index (χ2n) is 7.61. The highest BCUT2D eigenvalue weighted by Crippen LogP contribution is 2.32. The Bertz CT molecular complexity index is 462. The van der Waals surface area contributed by atoms with Gasteiger partial charge in [-0.2, -0.15) is 0 Å². The van der Waals surface area contributed by atoms with Crippen LogP contribution in [0.25, 0.3) is 0 Å². The van der Waals surface area contributed by atoms with Crippen molar-refractivity contribution in [2.45, 2.75) is 45.1 Å². The van der Waals surface area contributed by atoms with Gasteiger partial charge in [0.05, 0.1) is 0 Å². The fourth-order valence-corrected chi connectivity index (χ4v) is 4.34. The smallest absolute Gasteiger partial charge is 0.320 e. The first-order chi connectivity index (χ1) is 11.6. The third-order valence-corrected chi connectivity index (χ3v) is 5.94. The largest absolute Gasteiger partial charge is 0.339 e. The summed E-state index contributed by atoms with van der Waals surface area (Å²) in [7, 11) is 2.11. The normalized spacial score (nSPS) is 28.9. The van der Waals surface area contributed by atoms with Gasteiger partial charge in [0.25, 0.3) is 0 Å². The molecule has 136 valence electrons. The minimum Gasteiger partial charge on any atom is -0.339 e. The number of likely N-dealkylation sites (N-methyl/N-ethyl adjacent to an activating group) is 1. The Morgan fingerprint density at radius 2 is 1.83 bits per heavy atom. The van der Waals surface area contributed by atoms with Crippen molar-refractivity contribution in [2.24, 2.45) is 5.92 Å². The van der Waals surface area contributed by atoms with Gasteiger partial charge in [-0.15, -0.1) is 0 Å². The molecule has 0 spiro atoms. The monoisotopic (exact) mass is 336 g/mol. The topological polar surface area (TPSA) is 47.1 Å². The molecule has 0 N–H and O–H groups in total. The summed E-state index contributed by atoms with van der Waals surface area (Å²) in [6.45, 7) is 8.28. The average molecular weight is 336 g/mol. The Labute approximate surface area is 145 Å². The second-order valence-corrected chi connectivity index (χ2v) is 7.61. The third-order valence-electron chi connectivity index (χ3n) is 5.94. The summed E-state index contributed by atoms with van der Waals surface area (Å²) in [4.78, 5) is 33.5. The summed E-state index contributed by atoms with van der Waals surface area (Å²) >= 11 is 0. The van der Waals surface area contributed by atoms with Gasteiger partial charge in [-0.1, -0.05) is 13.3 Å². The standard InChI is InChI=1S/C18H32N4O2/c1-3-4-8-22-16-7-9-21(14-15(16)5-6-17(22)23)18(24)20-12-10-19(2)11-13-20/h15-16H,3-14H2,1-2H3/t15-,16+/m0/s1. The van der Waals surface area contributed by atoms with Crippen LogP contribution in [0.3, 0.4) is 0 Å². The number of carbonyl (C=O) groups is 2. The van der Waals surface area contributed by atoms with E-state index >= 15 is 0 Å². The molecule has 2 atom stereocenters. The Kier molecular flexibility index (Phi) is 5.64. The van der Waals surface area contributed by atoms with Gasteiger partial charge >= 0.3 is 6.03 Å². The van der Waals surface area contributed by atoms with Gasteiger partial charge in [-0.05, 0) is 32.2 Å². The van der Waals surface area contributed by atoms with Crippen LogP contribution >= 0.6 is 0 Å². The van der Waals surface area contributed by atoms with E-state index in [1.54, 1.807) is 0 Å².